The first-order valence-corrected chi connectivity index (χ1v) is 9.53. The maximum atomic E-state index is 12.8. The van der Waals surface area contributed by atoms with Gasteiger partial charge in [-0.05, 0) is 36.6 Å². The number of aromatic nitrogens is 2. The standard InChI is InChI=1S/C21H24N4O3/c1-14-23-20(28-24-14)16-7-5-11-25(13-16)21(26)22-12-18-17-8-4-3-6-15(17)9-10-19(18)27-2/h3-4,6,8-10,16H,5,7,11-13H2,1-2H3,(H,22,26)/t16-/m0/s1. The molecule has 0 unspecified atom stereocenters. The highest BCUT2D eigenvalue weighted by molar-refractivity contribution is 5.88. The smallest absolute Gasteiger partial charge is 0.317 e. The van der Waals surface area contributed by atoms with Gasteiger partial charge in [0, 0.05) is 25.2 Å². The van der Waals surface area contributed by atoms with Crippen molar-refractivity contribution < 1.29 is 14.1 Å². The number of nitrogens with zero attached hydrogens (tertiary/aromatic N) is 3. The molecule has 1 saturated heterocycles. The summed E-state index contributed by atoms with van der Waals surface area (Å²) in [6.45, 7) is 3.52. The van der Waals surface area contributed by atoms with Crippen LogP contribution in [0, 0.1) is 6.92 Å². The van der Waals surface area contributed by atoms with Crippen LogP contribution in [0.3, 0.4) is 0 Å². The number of hydrogen-bond donors (Lipinski definition) is 1. The molecule has 1 aliphatic rings. The van der Waals surface area contributed by atoms with Gasteiger partial charge in [0.2, 0.25) is 5.89 Å². The summed E-state index contributed by atoms with van der Waals surface area (Å²) in [6, 6.07) is 12.0. The van der Waals surface area contributed by atoms with Gasteiger partial charge in [0.05, 0.1) is 13.0 Å². The van der Waals surface area contributed by atoms with E-state index in [9.17, 15) is 4.79 Å². The Labute approximate surface area is 163 Å². The number of likely N-dealkylation sites (tertiary alicyclic amines) is 1. The van der Waals surface area contributed by atoms with Gasteiger partial charge in [-0.25, -0.2) is 4.79 Å². The second-order valence-corrected chi connectivity index (χ2v) is 7.09. The summed E-state index contributed by atoms with van der Waals surface area (Å²) in [4.78, 5) is 18.9. The normalized spacial score (nSPS) is 16.9. The minimum Gasteiger partial charge on any atom is -0.496 e. The number of rotatable bonds is 4. The van der Waals surface area contributed by atoms with Crippen molar-refractivity contribution in [3.05, 3.63) is 53.7 Å². The van der Waals surface area contributed by atoms with E-state index >= 15 is 0 Å². The van der Waals surface area contributed by atoms with Crippen LogP contribution in [0.15, 0.2) is 40.9 Å². The molecule has 2 aromatic carbocycles. The average Bonchev–Trinajstić information content (AvgIpc) is 3.18. The molecule has 146 valence electrons. The number of nitrogens with one attached hydrogen (secondary N) is 1. The van der Waals surface area contributed by atoms with E-state index in [0.717, 1.165) is 41.5 Å². The van der Waals surface area contributed by atoms with Gasteiger partial charge in [-0.2, -0.15) is 4.98 Å². The van der Waals surface area contributed by atoms with Gasteiger partial charge in [-0.1, -0.05) is 35.5 Å². The first kappa shape index (κ1) is 18.3. The topological polar surface area (TPSA) is 80.5 Å². The minimum atomic E-state index is -0.0871. The highest BCUT2D eigenvalue weighted by Gasteiger charge is 2.28. The Hall–Kier alpha value is -3.09. The monoisotopic (exact) mass is 380 g/mol. The van der Waals surface area contributed by atoms with Crippen molar-refractivity contribution >= 4 is 16.8 Å². The highest BCUT2D eigenvalue weighted by atomic mass is 16.5. The van der Waals surface area contributed by atoms with Crippen molar-refractivity contribution in [3.63, 3.8) is 0 Å². The molecule has 0 aliphatic carbocycles. The van der Waals surface area contributed by atoms with E-state index in [1.807, 2.05) is 35.2 Å². The Morgan fingerprint density at radius 1 is 1.32 bits per heavy atom. The molecule has 1 N–H and O–H groups in total. The number of fused-ring (bicyclic) bond motifs is 1. The lowest BCUT2D eigenvalue weighted by atomic mass is 9.98. The Morgan fingerprint density at radius 2 is 2.18 bits per heavy atom. The van der Waals surface area contributed by atoms with Crippen LogP contribution in [0.4, 0.5) is 4.79 Å². The third-order valence-electron chi connectivity index (χ3n) is 5.24. The molecule has 1 aliphatic heterocycles. The van der Waals surface area contributed by atoms with Gasteiger partial charge < -0.3 is 19.5 Å². The number of benzene rings is 2. The summed E-state index contributed by atoms with van der Waals surface area (Å²) >= 11 is 0. The molecule has 28 heavy (non-hydrogen) atoms. The van der Waals surface area contributed by atoms with E-state index in [4.69, 9.17) is 9.26 Å². The van der Waals surface area contributed by atoms with E-state index in [2.05, 4.69) is 21.5 Å². The fraction of sp³-hybridized carbons (Fsp3) is 0.381. The van der Waals surface area contributed by atoms with Gasteiger partial charge in [0.1, 0.15) is 5.75 Å². The van der Waals surface area contributed by atoms with Crippen molar-refractivity contribution in [2.45, 2.75) is 32.2 Å². The summed E-state index contributed by atoms with van der Waals surface area (Å²) in [7, 11) is 1.65. The number of amides is 2. The lowest BCUT2D eigenvalue weighted by Gasteiger charge is -2.31. The molecule has 7 heteroatoms. The number of methoxy groups -OCH3 is 1. The summed E-state index contributed by atoms with van der Waals surface area (Å²) < 4.78 is 10.8. The van der Waals surface area contributed by atoms with Crippen LogP contribution < -0.4 is 10.1 Å². The molecule has 1 aromatic heterocycles. The van der Waals surface area contributed by atoms with E-state index in [0.29, 0.717) is 24.8 Å². The molecular formula is C21H24N4O3. The molecule has 0 bridgehead atoms. The van der Waals surface area contributed by atoms with E-state index in [-0.39, 0.29) is 11.9 Å². The largest absolute Gasteiger partial charge is 0.496 e. The van der Waals surface area contributed by atoms with Gasteiger partial charge in [-0.3, -0.25) is 0 Å². The zero-order chi connectivity index (χ0) is 19.5. The number of piperidine rings is 1. The Kier molecular flexibility index (Phi) is 5.14. The van der Waals surface area contributed by atoms with Crippen LogP contribution in [0.25, 0.3) is 10.8 Å². The first-order chi connectivity index (χ1) is 13.7. The molecule has 7 nitrogen and oxygen atoms in total. The summed E-state index contributed by atoms with van der Waals surface area (Å²) in [6.07, 6.45) is 1.86. The van der Waals surface area contributed by atoms with Crippen molar-refractivity contribution in [3.8, 4) is 5.75 Å². The van der Waals surface area contributed by atoms with Crippen LogP contribution in [0.2, 0.25) is 0 Å². The number of aryl methyl sites for hydroxylation is 1. The fourth-order valence-electron chi connectivity index (χ4n) is 3.81. The second kappa shape index (κ2) is 7.88. The Bertz CT molecular complexity index is 985. The number of hydrogen-bond acceptors (Lipinski definition) is 5. The van der Waals surface area contributed by atoms with Crippen molar-refractivity contribution in [1.29, 1.82) is 0 Å². The summed E-state index contributed by atoms with van der Waals surface area (Å²) in [5.41, 5.74) is 0.982. The SMILES string of the molecule is COc1ccc2ccccc2c1CNC(=O)N1CCC[C@H](c2nc(C)no2)C1. The quantitative estimate of drug-likeness (QED) is 0.748. The third-order valence-corrected chi connectivity index (χ3v) is 5.24. The maximum Gasteiger partial charge on any atom is 0.317 e. The van der Waals surface area contributed by atoms with E-state index in [1.54, 1.807) is 14.0 Å². The van der Waals surface area contributed by atoms with Crippen LogP contribution in [0.5, 0.6) is 5.75 Å². The molecular weight excluding hydrogens is 356 g/mol. The maximum absolute atomic E-state index is 12.8. The van der Waals surface area contributed by atoms with Crippen molar-refractivity contribution in [1.82, 2.24) is 20.4 Å². The van der Waals surface area contributed by atoms with Crippen LogP contribution >= 0.6 is 0 Å². The average molecular weight is 380 g/mol. The lowest BCUT2D eigenvalue weighted by Crippen LogP contribution is -2.44. The molecule has 1 atom stereocenters. The zero-order valence-electron chi connectivity index (χ0n) is 16.1. The second-order valence-electron chi connectivity index (χ2n) is 7.09. The minimum absolute atomic E-state index is 0.0871. The Balaban J connectivity index is 1.46. The zero-order valence-corrected chi connectivity index (χ0v) is 16.1. The third kappa shape index (κ3) is 3.65. The van der Waals surface area contributed by atoms with E-state index in [1.165, 1.54) is 0 Å². The Morgan fingerprint density at radius 3 is 2.96 bits per heavy atom. The van der Waals surface area contributed by atoms with Gasteiger partial charge in [0.15, 0.2) is 5.82 Å². The van der Waals surface area contributed by atoms with Gasteiger partial charge in [-0.15, -0.1) is 0 Å². The molecule has 0 saturated carbocycles. The molecule has 2 heterocycles. The molecule has 4 rings (SSSR count). The number of ether oxygens (including phenoxy) is 1. The number of urea groups is 1. The molecule has 3 aromatic rings. The van der Waals surface area contributed by atoms with E-state index < -0.39 is 0 Å². The summed E-state index contributed by atoms with van der Waals surface area (Å²) in [5.74, 6) is 2.11. The van der Waals surface area contributed by atoms with Crippen molar-refractivity contribution in [2.75, 3.05) is 20.2 Å². The highest BCUT2D eigenvalue weighted by Crippen LogP contribution is 2.28. The van der Waals surface area contributed by atoms with Crippen LogP contribution in [0.1, 0.15) is 36.0 Å². The fourth-order valence-corrected chi connectivity index (χ4v) is 3.81. The van der Waals surface area contributed by atoms with Gasteiger partial charge >= 0.3 is 6.03 Å². The first-order valence-electron chi connectivity index (χ1n) is 9.53. The van der Waals surface area contributed by atoms with Crippen LogP contribution in [-0.4, -0.2) is 41.3 Å². The number of carbonyl (C=O) groups excluding carboxylic acids is 1. The lowest BCUT2D eigenvalue weighted by molar-refractivity contribution is 0.171. The molecule has 0 radical (unpaired) electrons. The number of carbonyl (C=O) groups is 1. The van der Waals surface area contributed by atoms with Gasteiger partial charge in [0.25, 0.3) is 0 Å². The molecule has 2 amide bonds. The predicted molar refractivity (Wildman–Crippen MR) is 105 cm³/mol. The predicted octanol–water partition coefficient (Wildman–Crippen LogP) is 3.63. The molecule has 1 fully saturated rings. The van der Waals surface area contributed by atoms with Crippen molar-refractivity contribution in [2.24, 2.45) is 0 Å². The molecule has 0 spiro atoms. The van der Waals surface area contributed by atoms with Crippen LogP contribution in [-0.2, 0) is 6.54 Å². The summed E-state index contributed by atoms with van der Waals surface area (Å²) in [5, 5.41) is 9.13.